The molecular weight excluding hydrogens is 428 g/mol. The zero-order chi connectivity index (χ0) is 23.3. The fourth-order valence-electron chi connectivity index (χ4n) is 6.35. The number of allylic oxidation sites excluding steroid dienone is 4. The lowest BCUT2D eigenvalue weighted by atomic mass is 9.74. The van der Waals surface area contributed by atoms with Crippen LogP contribution in [0.15, 0.2) is 91.0 Å². The number of hydrogen-bond acceptors (Lipinski definition) is 1. The maximum atomic E-state index is 6.87. The van der Waals surface area contributed by atoms with Crippen LogP contribution in [0.25, 0.3) is 49.3 Å². The topological polar surface area (TPSA) is 29.9 Å². The molecule has 4 aromatic carbocycles. The minimum absolute atomic E-state index is 0.237. The number of aromatic amines is 1. The van der Waals surface area contributed by atoms with E-state index in [-0.39, 0.29) is 5.41 Å². The van der Waals surface area contributed by atoms with Crippen molar-refractivity contribution in [2.75, 3.05) is 0 Å². The van der Waals surface area contributed by atoms with Crippen molar-refractivity contribution >= 4 is 49.3 Å². The number of fused-ring (bicyclic) bond motifs is 10. The number of rotatable bonds is 1. The molecule has 0 radical (unpaired) electrons. The van der Waals surface area contributed by atoms with E-state index in [2.05, 4.69) is 114 Å². The molecule has 1 N–H and O–H groups in total. The van der Waals surface area contributed by atoms with E-state index in [0.29, 0.717) is 0 Å². The van der Waals surface area contributed by atoms with Crippen molar-refractivity contribution in [3.63, 3.8) is 0 Å². The van der Waals surface area contributed by atoms with Crippen molar-refractivity contribution < 1.29 is 4.74 Å². The normalized spacial score (nSPS) is 16.1. The molecule has 3 heteroatoms. The monoisotopic (exact) mass is 452 g/mol. The first kappa shape index (κ1) is 19.1. The van der Waals surface area contributed by atoms with Crippen LogP contribution in [0.4, 0.5) is 0 Å². The molecule has 0 bridgehead atoms. The third-order valence-corrected chi connectivity index (χ3v) is 7.95. The summed E-state index contributed by atoms with van der Waals surface area (Å²) < 4.78 is 9.25. The highest BCUT2D eigenvalue weighted by molar-refractivity contribution is 6.14. The number of nitrogens with zero attached hydrogens (tertiary/aromatic N) is 1. The van der Waals surface area contributed by atoms with E-state index in [1.165, 1.54) is 49.4 Å². The molecule has 1 aliphatic carbocycles. The molecule has 0 unspecified atom stereocenters. The van der Waals surface area contributed by atoms with Gasteiger partial charge < -0.3 is 14.3 Å². The van der Waals surface area contributed by atoms with Gasteiger partial charge in [-0.3, -0.25) is 0 Å². The Hall–Kier alpha value is -4.24. The average Bonchev–Trinajstić information content (AvgIpc) is 3.59. The third kappa shape index (κ3) is 2.35. The van der Waals surface area contributed by atoms with Crippen molar-refractivity contribution in [1.29, 1.82) is 0 Å². The Bertz CT molecular complexity index is 1930. The molecule has 3 heterocycles. The van der Waals surface area contributed by atoms with Gasteiger partial charge in [0.1, 0.15) is 5.75 Å². The highest BCUT2D eigenvalue weighted by atomic mass is 16.5. The van der Waals surface area contributed by atoms with Gasteiger partial charge in [-0.25, -0.2) is 0 Å². The van der Waals surface area contributed by atoms with Gasteiger partial charge in [0.2, 0.25) is 0 Å². The Labute approximate surface area is 202 Å². The highest BCUT2D eigenvalue weighted by Crippen LogP contribution is 2.54. The summed E-state index contributed by atoms with van der Waals surface area (Å²) in [6.45, 7) is 4.65. The minimum atomic E-state index is -0.237. The molecule has 0 saturated heterocycles. The van der Waals surface area contributed by atoms with E-state index in [1.807, 2.05) is 0 Å². The number of aromatic nitrogens is 2. The minimum Gasteiger partial charge on any atom is -0.454 e. The molecule has 0 fully saturated rings. The largest absolute Gasteiger partial charge is 0.454 e. The van der Waals surface area contributed by atoms with Gasteiger partial charge in [-0.2, -0.15) is 0 Å². The van der Waals surface area contributed by atoms with Crippen molar-refractivity contribution in [3.05, 3.63) is 102 Å². The number of benzene rings is 4. The lowest BCUT2D eigenvalue weighted by Crippen LogP contribution is -2.25. The third-order valence-electron chi connectivity index (χ3n) is 7.95. The predicted octanol–water partition coefficient (Wildman–Crippen LogP) is 8.66. The number of hydrogen-bond donors (Lipinski definition) is 1. The van der Waals surface area contributed by atoms with Crippen LogP contribution in [0.3, 0.4) is 0 Å². The van der Waals surface area contributed by atoms with Crippen molar-refractivity contribution in [1.82, 2.24) is 9.55 Å². The molecule has 0 saturated carbocycles. The molecule has 0 spiro atoms. The molecule has 2 aromatic heterocycles. The van der Waals surface area contributed by atoms with Crippen LogP contribution in [0, 0.1) is 0 Å². The number of nitrogens with one attached hydrogen (secondary N) is 1. The SMILES string of the molecule is CC1(C)c2ccc3c4ccccc4n(C4=CCC=C4)c3c2Oc2ccc3c([nH]c4ccccc43)c21. The quantitative estimate of drug-likeness (QED) is 0.266. The molecule has 1 aliphatic heterocycles. The number of para-hydroxylation sites is 2. The van der Waals surface area contributed by atoms with Crippen LogP contribution in [-0.4, -0.2) is 9.55 Å². The van der Waals surface area contributed by atoms with Crippen LogP contribution in [0.5, 0.6) is 11.5 Å². The summed E-state index contributed by atoms with van der Waals surface area (Å²) in [6, 6.07) is 26.1. The first-order valence-corrected chi connectivity index (χ1v) is 12.3. The summed E-state index contributed by atoms with van der Waals surface area (Å²) in [5.74, 6) is 1.90. The zero-order valence-corrected chi connectivity index (χ0v) is 19.7. The van der Waals surface area contributed by atoms with E-state index in [1.54, 1.807) is 0 Å². The van der Waals surface area contributed by atoms with Gasteiger partial charge in [0.25, 0.3) is 0 Å². The second-order valence-electron chi connectivity index (χ2n) is 10.2. The molecule has 8 rings (SSSR count). The van der Waals surface area contributed by atoms with Gasteiger partial charge in [0.15, 0.2) is 5.75 Å². The summed E-state index contributed by atoms with van der Waals surface area (Å²) in [5.41, 5.74) is 8.11. The molecule has 0 atom stereocenters. The number of H-pyrrole nitrogens is 1. The lowest BCUT2D eigenvalue weighted by molar-refractivity contribution is 0.424. The first-order chi connectivity index (χ1) is 17.1. The van der Waals surface area contributed by atoms with Gasteiger partial charge in [-0.1, -0.05) is 74.5 Å². The predicted molar refractivity (Wildman–Crippen MR) is 145 cm³/mol. The number of ether oxygens (including phenoxy) is 1. The standard InChI is InChI=1S/C32H24N2O/c1-32(2)24-17-15-23-21-12-6-8-14-26(21)34(19-9-3-4-10-19)30(23)31(24)35-27-18-16-22-20-11-5-7-13-25(20)33-29(22)28(27)32/h3,5-18,33H,4H2,1-2H3. The first-order valence-electron chi connectivity index (χ1n) is 12.3. The zero-order valence-electron chi connectivity index (χ0n) is 19.7. The van der Waals surface area contributed by atoms with Crippen molar-refractivity contribution in [2.24, 2.45) is 0 Å². The van der Waals surface area contributed by atoms with Gasteiger partial charge in [-0.15, -0.1) is 0 Å². The molecule has 3 nitrogen and oxygen atoms in total. The summed E-state index contributed by atoms with van der Waals surface area (Å²) in [6.07, 6.45) is 7.70. The lowest BCUT2D eigenvalue weighted by Gasteiger charge is -2.35. The van der Waals surface area contributed by atoms with E-state index < -0.39 is 0 Å². The van der Waals surface area contributed by atoms with E-state index in [0.717, 1.165) is 29.0 Å². The Balaban J connectivity index is 1.48. The van der Waals surface area contributed by atoms with Gasteiger partial charge >= 0.3 is 0 Å². The molecule has 35 heavy (non-hydrogen) atoms. The Morgan fingerprint density at radius 1 is 0.829 bits per heavy atom. The van der Waals surface area contributed by atoms with Crippen LogP contribution in [0.1, 0.15) is 31.4 Å². The highest BCUT2D eigenvalue weighted by Gasteiger charge is 2.38. The average molecular weight is 453 g/mol. The molecule has 6 aromatic rings. The summed E-state index contributed by atoms with van der Waals surface area (Å²) in [4.78, 5) is 3.70. The maximum Gasteiger partial charge on any atom is 0.156 e. The van der Waals surface area contributed by atoms with Crippen LogP contribution >= 0.6 is 0 Å². The van der Waals surface area contributed by atoms with Gasteiger partial charge in [-0.05, 0) is 36.8 Å². The fraction of sp³-hybridized carbons (Fsp3) is 0.125. The van der Waals surface area contributed by atoms with Crippen molar-refractivity contribution in [2.45, 2.75) is 25.7 Å². The Morgan fingerprint density at radius 3 is 2.49 bits per heavy atom. The van der Waals surface area contributed by atoms with Gasteiger partial charge in [0.05, 0.1) is 16.6 Å². The van der Waals surface area contributed by atoms with E-state index in [4.69, 9.17) is 4.74 Å². The van der Waals surface area contributed by atoms with Crippen LogP contribution < -0.4 is 4.74 Å². The van der Waals surface area contributed by atoms with Crippen molar-refractivity contribution in [3.8, 4) is 11.5 Å². The van der Waals surface area contributed by atoms with E-state index >= 15 is 0 Å². The molecule has 0 amide bonds. The summed E-state index contributed by atoms with van der Waals surface area (Å²) >= 11 is 0. The van der Waals surface area contributed by atoms with E-state index in [9.17, 15) is 0 Å². The second-order valence-corrected chi connectivity index (χ2v) is 10.2. The molecule has 168 valence electrons. The fourth-order valence-corrected chi connectivity index (χ4v) is 6.35. The Kier molecular flexibility index (Phi) is 3.52. The second kappa shape index (κ2) is 6.45. The molecular formula is C32H24N2O. The van der Waals surface area contributed by atoms with Crippen LogP contribution in [0.2, 0.25) is 0 Å². The Morgan fingerprint density at radius 2 is 1.63 bits per heavy atom. The summed E-state index contributed by atoms with van der Waals surface area (Å²) in [5, 5.41) is 4.98. The van der Waals surface area contributed by atoms with Crippen LogP contribution in [-0.2, 0) is 5.41 Å². The maximum absolute atomic E-state index is 6.87. The molecule has 2 aliphatic rings. The smallest absolute Gasteiger partial charge is 0.156 e. The summed E-state index contributed by atoms with van der Waals surface area (Å²) in [7, 11) is 0. The van der Waals surface area contributed by atoms with Gasteiger partial charge in [0, 0.05) is 49.3 Å².